The second-order valence-corrected chi connectivity index (χ2v) is 4.29. The highest BCUT2D eigenvalue weighted by atomic mass is 16.5. The van der Waals surface area contributed by atoms with Gasteiger partial charge in [0.25, 0.3) is 6.47 Å². The molecule has 1 atom stereocenters. The van der Waals surface area contributed by atoms with E-state index in [-0.39, 0.29) is 0 Å². The van der Waals surface area contributed by atoms with Crippen LogP contribution in [0.4, 0.5) is 0 Å². The van der Waals surface area contributed by atoms with Crippen molar-refractivity contribution in [1.29, 1.82) is 0 Å². The normalized spacial score (nSPS) is 12.4. The summed E-state index contributed by atoms with van der Waals surface area (Å²) in [6.45, 7) is 5.62. The molecule has 0 radical (unpaired) electrons. The van der Waals surface area contributed by atoms with Crippen molar-refractivity contribution in [3.05, 3.63) is 0 Å². The number of unbranched alkanes of at least 4 members (excludes halogenated alkanes) is 4. The Bertz CT molecular complexity index is 134. The van der Waals surface area contributed by atoms with Gasteiger partial charge in [0, 0.05) is 0 Å². The van der Waals surface area contributed by atoms with Gasteiger partial charge in [-0.3, -0.25) is 4.79 Å². The zero-order valence-corrected chi connectivity index (χ0v) is 10.3. The Morgan fingerprint density at radius 1 is 1.00 bits per heavy atom. The third-order valence-electron chi connectivity index (χ3n) is 2.83. The Morgan fingerprint density at radius 3 is 2.27 bits per heavy atom. The second kappa shape index (κ2) is 11.5. The lowest BCUT2D eigenvalue weighted by atomic mass is 9.96. The second-order valence-electron chi connectivity index (χ2n) is 4.29. The molecular weight excluding hydrogens is 188 g/mol. The lowest BCUT2D eigenvalue weighted by molar-refractivity contribution is -0.130. The van der Waals surface area contributed by atoms with Gasteiger partial charge in [-0.15, -0.1) is 0 Å². The standard InChI is InChI=1S/C13H26O2/c1-3-5-7-8-10-13(9-6-4-2)11-15-12-14/h12-13H,3-11H2,1-2H3/t13-/m1/s1. The van der Waals surface area contributed by atoms with Crippen LogP contribution in [0, 0.1) is 5.92 Å². The molecular formula is C13H26O2. The molecule has 0 unspecified atom stereocenters. The molecule has 0 aromatic carbocycles. The van der Waals surface area contributed by atoms with Crippen LogP contribution in [-0.2, 0) is 9.53 Å². The van der Waals surface area contributed by atoms with Crippen molar-refractivity contribution in [2.75, 3.05) is 6.61 Å². The summed E-state index contributed by atoms with van der Waals surface area (Å²) in [5.41, 5.74) is 0. The average Bonchev–Trinajstić information content (AvgIpc) is 2.27. The van der Waals surface area contributed by atoms with Crippen LogP contribution in [0.2, 0.25) is 0 Å². The molecule has 0 saturated carbocycles. The molecule has 0 aromatic rings. The third kappa shape index (κ3) is 9.77. The van der Waals surface area contributed by atoms with Gasteiger partial charge in [0.05, 0.1) is 6.61 Å². The maximum atomic E-state index is 10.1. The van der Waals surface area contributed by atoms with Crippen molar-refractivity contribution in [2.24, 2.45) is 5.92 Å². The van der Waals surface area contributed by atoms with E-state index >= 15 is 0 Å². The molecule has 90 valence electrons. The van der Waals surface area contributed by atoms with Gasteiger partial charge < -0.3 is 4.74 Å². The summed E-state index contributed by atoms with van der Waals surface area (Å²) >= 11 is 0. The monoisotopic (exact) mass is 214 g/mol. The Morgan fingerprint density at radius 2 is 1.67 bits per heavy atom. The summed E-state index contributed by atoms with van der Waals surface area (Å²) in [5.74, 6) is 0.590. The van der Waals surface area contributed by atoms with Crippen molar-refractivity contribution in [3.63, 3.8) is 0 Å². The van der Waals surface area contributed by atoms with E-state index in [1.165, 1.54) is 51.4 Å². The highest BCUT2D eigenvalue weighted by Crippen LogP contribution is 2.17. The molecule has 0 aliphatic rings. The number of ether oxygens (including phenoxy) is 1. The van der Waals surface area contributed by atoms with Crippen molar-refractivity contribution in [2.45, 2.75) is 65.2 Å². The van der Waals surface area contributed by atoms with E-state index < -0.39 is 0 Å². The molecule has 0 spiro atoms. The van der Waals surface area contributed by atoms with Crippen molar-refractivity contribution in [3.8, 4) is 0 Å². The van der Waals surface area contributed by atoms with E-state index in [1.54, 1.807) is 0 Å². The van der Waals surface area contributed by atoms with Crippen LogP contribution in [-0.4, -0.2) is 13.1 Å². The zero-order chi connectivity index (χ0) is 11.4. The molecule has 0 saturated heterocycles. The fourth-order valence-electron chi connectivity index (χ4n) is 1.84. The molecule has 0 fully saturated rings. The predicted molar refractivity (Wildman–Crippen MR) is 63.8 cm³/mol. The van der Waals surface area contributed by atoms with Gasteiger partial charge in [-0.25, -0.2) is 0 Å². The fourth-order valence-corrected chi connectivity index (χ4v) is 1.84. The summed E-state index contributed by atoms with van der Waals surface area (Å²) < 4.78 is 4.87. The zero-order valence-electron chi connectivity index (χ0n) is 10.3. The van der Waals surface area contributed by atoms with Crippen LogP contribution >= 0.6 is 0 Å². The minimum Gasteiger partial charge on any atom is -0.468 e. The van der Waals surface area contributed by atoms with Gasteiger partial charge in [0.1, 0.15) is 0 Å². The van der Waals surface area contributed by atoms with Crippen LogP contribution < -0.4 is 0 Å². The summed E-state index contributed by atoms with van der Waals surface area (Å²) in [4.78, 5) is 10.1. The first-order valence-corrected chi connectivity index (χ1v) is 6.40. The minimum atomic E-state index is 0.574. The number of carbonyl (C=O) groups excluding carboxylic acids is 1. The van der Waals surface area contributed by atoms with Crippen molar-refractivity contribution in [1.82, 2.24) is 0 Å². The minimum absolute atomic E-state index is 0.574. The molecule has 0 N–H and O–H groups in total. The Balaban J connectivity index is 3.53. The number of hydrogen-bond acceptors (Lipinski definition) is 2. The Kier molecular flexibility index (Phi) is 11.1. The van der Waals surface area contributed by atoms with E-state index in [0.29, 0.717) is 19.0 Å². The van der Waals surface area contributed by atoms with E-state index in [4.69, 9.17) is 4.74 Å². The smallest absolute Gasteiger partial charge is 0.293 e. The Hall–Kier alpha value is -0.530. The number of carbonyl (C=O) groups is 1. The predicted octanol–water partition coefficient (Wildman–Crippen LogP) is 3.94. The number of hydrogen-bond donors (Lipinski definition) is 0. The van der Waals surface area contributed by atoms with Crippen LogP contribution in [0.1, 0.15) is 65.2 Å². The average molecular weight is 214 g/mol. The van der Waals surface area contributed by atoms with E-state index in [1.807, 2.05) is 0 Å². The van der Waals surface area contributed by atoms with Gasteiger partial charge >= 0.3 is 0 Å². The van der Waals surface area contributed by atoms with Gasteiger partial charge in [-0.1, -0.05) is 52.4 Å². The summed E-state index contributed by atoms with van der Waals surface area (Å²) in [6.07, 6.45) is 10.1. The first-order valence-electron chi connectivity index (χ1n) is 6.40. The lowest BCUT2D eigenvalue weighted by Gasteiger charge is -2.14. The number of rotatable bonds is 11. The molecule has 0 aliphatic carbocycles. The van der Waals surface area contributed by atoms with E-state index in [9.17, 15) is 4.79 Å². The fraction of sp³-hybridized carbons (Fsp3) is 0.923. The highest BCUT2D eigenvalue weighted by Gasteiger charge is 2.08. The van der Waals surface area contributed by atoms with Crippen LogP contribution in [0.5, 0.6) is 0 Å². The van der Waals surface area contributed by atoms with E-state index in [0.717, 1.165) is 0 Å². The van der Waals surface area contributed by atoms with Crippen LogP contribution in [0.3, 0.4) is 0 Å². The molecule has 15 heavy (non-hydrogen) atoms. The Labute approximate surface area is 94.4 Å². The van der Waals surface area contributed by atoms with Gasteiger partial charge in [0.2, 0.25) is 0 Å². The van der Waals surface area contributed by atoms with Crippen molar-refractivity contribution >= 4 is 6.47 Å². The SMILES string of the molecule is CCCCCC[C@@H](CCCC)COC=O. The topological polar surface area (TPSA) is 26.3 Å². The van der Waals surface area contributed by atoms with Crippen LogP contribution in [0.15, 0.2) is 0 Å². The molecule has 2 heteroatoms. The lowest BCUT2D eigenvalue weighted by Crippen LogP contribution is -2.09. The molecule has 0 rings (SSSR count). The molecule has 0 aliphatic heterocycles. The largest absolute Gasteiger partial charge is 0.468 e. The van der Waals surface area contributed by atoms with Gasteiger partial charge in [-0.2, -0.15) is 0 Å². The van der Waals surface area contributed by atoms with Gasteiger partial charge in [0.15, 0.2) is 0 Å². The molecule has 0 heterocycles. The van der Waals surface area contributed by atoms with E-state index in [2.05, 4.69) is 13.8 Å². The highest BCUT2D eigenvalue weighted by molar-refractivity contribution is 5.36. The third-order valence-corrected chi connectivity index (χ3v) is 2.83. The maximum Gasteiger partial charge on any atom is 0.293 e. The quantitative estimate of drug-likeness (QED) is 0.385. The molecule has 0 bridgehead atoms. The molecule has 0 aromatic heterocycles. The summed E-state index contributed by atoms with van der Waals surface area (Å²) in [5, 5.41) is 0. The maximum absolute atomic E-state index is 10.1. The first kappa shape index (κ1) is 14.5. The molecule has 0 amide bonds. The summed E-state index contributed by atoms with van der Waals surface area (Å²) in [6, 6.07) is 0. The van der Waals surface area contributed by atoms with Crippen molar-refractivity contribution < 1.29 is 9.53 Å². The first-order chi connectivity index (χ1) is 7.35. The van der Waals surface area contributed by atoms with Crippen LogP contribution in [0.25, 0.3) is 0 Å². The molecule has 2 nitrogen and oxygen atoms in total. The summed E-state index contributed by atoms with van der Waals surface area (Å²) in [7, 11) is 0. The van der Waals surface area contributed by atoms with Gasteiger partial charge in [-0.05, 0) is 18.8 Å².